The molecule has 0 saturated heterocycles. The Bertz CT molecular complexity index is 261. The Hall–Kier alpha value is -0.0656. The van der Waals surface area contributed by atoms with E-state index in [1.807, 2.05) is 0 Å². The first-order valence-electron chi connectivity index (χ1n) is 4.89. The molecule has 0 aromatic carbocycles. The van der Waals surface area contributed by atoms with Gasteiger partial charge in [0.2, 0.25) is 0 Å². The van der Waals surface area contributed by atoms with Gasteiger partial charge in [0, 0.05) is 0 Å². The van der Waals surface area contributed by atoms with Crippen LogP contribution in [0.15, 0.2) is 22.0 Å². The summed E-state index contributed by atoms with van der Waals surface area (Å²) in [5, 5.41) is 0. The summed E-state index contributed by atoms with van der Waals surface area (Å²) in [5.74, 6) is 0. The van der Waals surface area contributed by atoms with Crippen molar-refractivity contribution in [2.45, 2.75) is 40.5 Å². The molecule has 0 bridgehead atoms. The van der Waals surface area contributed by atoms with Crippen molar-refractivity contribution >= 4 is 4.73 Å². The molecule has 13 heavy (non-hydrogen) atoms. The second-order valence-electron chi connectivity index (χ2n) is 4.89. The van der Waals surface area contributed by atoms with Gasteiger partial charge in [-0.2, -0.15) is 0 Å². The van der Waals surface area contributed by atoms with Gasteiger partial charge in [-0.1, -0.05) is 0 Å². The number of hydrogen-bond acceptors (Lipinski definition) is 0. The van der Waals surface area contributed by atoms with Crippen molar-refractivity contribution < 1.29 is 15.8 Å². The minimum atomic E-state index is 0.365. The third-order valence-corrected chi connectivity index (χ3v) is 3.64. The molecule has 0 aromatic rings. The van der Waals surface area contributed by atoms with Crippen LogP contribution in [0.2, 0.25) is 0 Å². The fourth-order valence-corrected chi connectivity index (χ4v) is 2.83. The van der Waals surface area contributed by atoms with Gasteiger partial charge in [-0.3, -0.25) is 0 Å². The summed E-state index contributed by atoms with van der Waals surface area (Å²) in [6, 6.07) is 0. The molecule has 0 amide bonds. The van der Waals surface area contributed by atoms with E-state index in [4.69, 9.17) is 0 Å². The van der Waals surface area contributed by atoms with E-state index in [1.165, 1.54) is 18.4 Å². The minimum absolute atomic E-state index is 0.365. The quantitative estimate of drug-likeness (QED) is 0.659. The fraction of sp³-hybridized carbons (Fsp3) is 0.583. The first kappa shape index (κ1) is 11.0. The summed E-state index contributed by atoms with van der Waals surface area (Å²) in [6.45, 7) is 9.14. The fourth-order valence-electron chi connectivity index (χ4n) is 1.24. The first-order chi connectivity index (χ1) is 5.97. The molecule has 1 rings (SSSR count). The molecule has 0 saturated carbocycles. The van der Waals surface area contributed by atoms with Crippen LogP contribution in [0.1, 0.15) is 40.5 Å². The van der Waals surface area contributed by atoms with Crippen molar-refractivity contribution in [3.05, 3.63) is 22.0 Å². The molecule has 0 fully saturated rings. The average Bonchev–Trinajstić information content (AvgIpc) is 2.00. The van der Waals surface area contributed by atoms with E-state index < -0.39 is 0 Å². The van der Waals surface area contributed by atoms with Crippen molar-refractivity contribution in [3.8, 4) is 0 Å². The van der Waals surface area contributed by atoms with Gasteiger partial charge in [0.05, 0.1) is 0 Å². The van der Waals surface area contributed by atoms with E-state index in [0.29, 0.717) is 21.3 Å². The second kappa shape index (κ2) is 4.44. The molecule has 0 unspecified atom stereocenters. The van der Waals surface area contributed by atoms with Gasteiger partial charge in [0.1, 0.15) is 0 Å². The molecule has 0 nitrogen and oxygen atoms in total. The Balaban J connectivity index is 2.48. The van der Waals surface area contributed by atoms with Gasteiger partial charge in [-0.05, 0) is 0 Å². The Labute approximate surface area is 88.7 Å². The normalized spacial score (nSPS) is 16.9. The summed E-state index contributed by atoms with van der Waals surface area (Å²) in [7, 11) is 0. The van der Waals surface area contributed by atoms with Gasteiger partial charge in [0.25, 0.3) is 0 Å². The standard InChI is InChI=1S/C12H19.V/c1-6-11(2)9-7-8-10-12(3,4)5;/h1,6,9H,8,10H2,2-5H3;. The van der Waals surface area contributed by atoms with Gasteiger partial charge in [-0.25, -0.2) is 0 Å². The van der Waals surface area contributed by atoms with Crippen LogP contribution in [0.4, 0.5) is 0 Å². The van der Waals surface area contributed by atoms with Gasteiger partial charge >= 0.3 is 88.5 Å². The van der Waals surface area contributed by atoms with Crippen LogP contribution in [0.5, 0.6) is 0 Å². The maximum absolute atomic E-state index is 2.38. The van der Waals surface area contributed by atoms with Crippen LogP contribution in [0.25, 0.3) is 0 Å². The maximum atomic E-state index is 2.38. The van der Waals surface area contributed by atoms with E-state index >= 15 is 0 Å². The molecular formula is C12H19V. The molecule has 0 aliphatic carbocycles. The summed E-state index contributed by atoms with van der Waals surface area (Å²) in [5.41, 5.74) is 1.90. The summed E-state index contributed by atoms with van der Waals surface area (Å²) < 4.78 is 4.05. The molecule has 0 aromatic heterocycles. The Morgan fingerprint density at radius 1 is 1.31 bits per heavy atom. The first-order valence-corrected chi connectivity index (χ1v) is 6.39. The van der Waals surface area contributed by atoms with Crippen molar-refractivity contribution in [1.82, 2.24) is 0 Å². The van der Waals surface area contributed by atoms with E-state index in [1.54, 1.807) is 4.28 Å². The zero-order valence-corrected chi connectivity index (χ0v) is 10.5. The predicted octanol–water partition coefficient (Wildman–Crippen LogP) is 3.54. The van der Waals surface area contributed by atoms with Crippen LogP contribution in [0.3, 0.4) is 0 Å². The van der Waals surface area contributed by atoms with Crippen LogP contribution in [-0.4, -0.2) is 4.73 Å². The van der Waals surface area contributed by atoms with Gasteiger partial charge in [-0.15, -0.1) is 0 Å². The topological polar surface area (TPSA) is 0 Å². The van der Waals surface area contributed by atoms with Gasteiger partial charge in [0.15, 0.2) is 0 Å². The Morgan fingerprint density at radius 2 is 2.00 bits per heavy atom. The van der Waals surface area contributed by atoms with Crippen molar-refractivity contribution in [2.24, 2.45) is 5.41 Å². The van der Waals surface area contributed by atoms with Crippen molar-refractivity contribution in [3.63, 3.8) is 0 Å². The monoisotopic (exact) mass is 214 g/mol. The molecular weight excluding hydrogens is 195 g/mol. The number of rotatable bonds is 2. The van der Waals surface area contributed by atoms with E-state index in [-0.39, 0.29) is 0 Å². The van der Waals surface area contributed by atoms with E-state index in [0.717, 1.165) is 0 Å². The second-order valence-corrected chi connectivity index (χ2v) is 6.65. The third-order valence-electron chi connectivity index (χ3n) is 2.10. The molecule has 0 N–H and O–H groups in total. The van der Waals surface area contributed by atoms with Crippen LogP contribution >= 0.6 is 0 Å². The number of allylic oxidation sites excluding steroid dienone is 4. The molecule has 72 valence electrons. The molecule has 1 aliphatic rings. The predicted molar refractivity (Wildman–Crippen MR) is 56.6 cm³/mol. The average molecular weight is 214 g/mol. The molecule has 0 radical (unpaired) electrons. The van der Waals surface area contributed by atoms with E-state index in [9.17, 15) is 0 Å². The van der Waals surface area contributed by atoms with Crippen LogP contribution in [0, 0.1) is 5.41 Å². The van der Waals surface area contributed by atoms with E-state index in [2.05, 4.69) is 44.6 Å². The Kier molecular flexibility index (Phi) is 3.76. The van der Waals surface area contributed by atoms with Gasteiger partial charge < -0.3 is 0 Å². The molecule has 0 atom stereocenters. The molecule has 1 heterocycles. The molecule has 1 aliphatic heterocycles. The molecule has 0 spiro atoms. The van der Waals surface area contributed by atoms with Crippen LogP contribution < -0.4 is 0 Å². The molecule has 1 heteroatoms. The number of hydrogen-bond donors (Lipinski definition) is 0. The third kappa shape index (κ3) is 4.64. The Morgan fingerprint density at radius 3 is 2.54 bits per heavy atom. The SMILES string of the molecule is CC1=C[CH]=[V][C](CCC(C)(C)C)=C1. The summed E-state index contributed by atoms with van der Waals surface area (Å²) in [4.78, 5) is 0. The summed E-state index contributed by atoms with van der Waals surface area (Å²) >= 11 is 0.365. The zero-order chi connectivity index (χ0) is 9.90. The van der Waals surface area contributed by atoms with Crippen molar-refractivity contribution in [2.75, 3.05) is 0 Å². The van der Waals surface area contributed by atoms with Crippen molar-refractivity contribution in [1.29, 1.82) is 0 Å². The zero-order valence-electron chi connectivity index (χ0n) is 9.09. The van der Waals surface area contributed by atoms with Crippen LogP contribution in [-0.2, 0) is 15.8 Å². The summed E-state index contributed by atoms with van der Waals surface area (Å²) in [6.07, 6.45) is 7.24.